The third kappa shape index (κ3) is 6.73. The van der Waals surface area contributed by atoms with Crippen LogP contribution in [-0.2, 0) is 9.59 Å². The number of amides is 2. The molecule has 1 heterocycles. The number of benzene rings is 2. The molecule has 0 spiro atoms. The molecule has 8 heteroatoms. The average molecular weight is 436 g/mol. The van der Waals surface area contributed by atoms with E-state index in [0.717, 1.165) is 4.90 Å². The van der Waals surface area contributed by atoms with Crippen LogP contribution in [0, 0.1) is 5.82 Å². The molecule has 0 atom stereocenters. The van der Waals surface area contributed by atoms with Crippen LogP contribution in [0.25, 0.3) is 0 Å². The summed E-state index contributed by atoms with van der Waals surface area (Å²) in [5.41, 5.74) is 0.603. The monoisotopic (exact) mass is 435 g/mol. The fourth-order valence-corrected chi connectivity index (χ4v) is 4.08. The fraction of sp³-hybridized carbons (Fsp3) is 0.333. The van der Waals surface area contributed by atoms with Gasteiger partial charge in [0.25, 0.3) is 0 Å². The van der Waals surface area contributed by atoms with E-state index in [1.807, 2.05) is 21.9 Å². The zero-order valence-electron chi connectivity index (χ0n) is 15.9. The number of anilines is 1. The van der Waals surface area contributed by atoms with Gasteiger partial charge in [-0.2, -0.15) is 0 Å². The topological polar surface area (TPSA) is 52.7 Å². The molecule has 3 rings (SSSR count). The standard InChI is InChI=1S/C21H23ClFN3O2S/c22-18-3-1-2-4-19(18)24-20(27)15-25-10-12-26(13-11-25)21(28)9-14-29-17-7-5-16(23)6-8-17/h1-8H,9-15H2,(H,24,27). The molecule has 0 bridgehead atoms. The maximum atomic E-state index is 12.9. The van der Waals surface area contributed by atoms with E-state index in [0.29, 0.717) is 49.1 Å². The summed E-state index contributed by atoms with van der Waals surface area (Å²) in [6, 6.07) is 13.4. The number of hydrogen-bond acceptors (Lipinski definition) is 4. The van der Waals surface area contributed by atoms with Gasteiger partial charge >= 0.3 is 0 Å². The van der Waals surface area contributed by atoms with Crippen molar-refractivity contribution in [3.8, 4) is 0 Å². The number of nitrogens with zero attached hydrogens (tertiary/aromatic N) is 2. The van der Waals surface area contributed by atoms with E-state index in [4.69, 9.17) is 11.6 Å². The summed E-state index contributed by atoms with van der Waals surface area (Å²) in [5, 5.41) is 3.33. The largest absolute Gasteiger partial charge is 0.340 e. The van der Waals surface area contributed by atoms with Crippen molar-refractivity contribution in [2.75, 3.05) is 43.8 Å². The van der Waals surface area contributed by atoms with Crippen molar-refractivity contribution in [3.05, 3.63) is 59.4 Å². The molecule has 2 aromatic carbocycles. The number of rotatable bonds is 7. The van der Waals surface area contributed by atoms with Gasteiger partial charge in [0.05, 0.1) is 17.3 Å². The lowest BCUT2D eigenvalue weighted by atomic mass is 10.2. The van der Waals surface area contributed by atoms with Crippen molar-refractivity contribution in [2.45, 2.75) is 11.3 Å². The molecule has 1 aliphatic heterocycles. The van der Waals surface area contributed by atoms with Crippen molar-refractivity contribution in [2.24, 2.45) is 0 Å². The summed E-state index contributed by atoms with van der Waals surface area (Å²) >= 11 is 7.61. The lowest BCUT2D eigenvalue weighted by Crippen LogP contribution is -2.50. The first kappa shape index (κ1) is 21.6. The minimum Gasteiger partial charge on any atom is -0.340 e. The molecule has 0 radical (unpaired) electrons. The molecule has 1 N–H and O–H groups in total. The Morgan fingerprint density at radius 2 is 1.72 bits per heavy atom. The summed E-state index contributed by atoms with van der Waals surface area (Å²) in [5.74, 6) is 0.391. The van der Waals surface area contributed by atoms with Gasteiger partial charge in [-0.05, 0) is 36.4 Å². The predicted molar refractivity (Wildman–Crippen MR) is 115 cm³/mol. The highest BCUT2D eigenvalue weighted by molar-refractivity contribution is 7.99. The maximum Gasteiger partial charge on any atom is 0.238 e. The molecule has 0 aliphatic carbocycles. The van der Waals surface area contributed by atoms with Crippen molar-refractivity contribution in [3.63, 3.8) is 0 Å². The Bertz CT molecular complexity index is 842. The third-order valence-corrected chi connectivity index (χ3v) is 5.98. The first-order chi connectivity index (χ1) is 14.0. The van der Waals surface area contributed by atoms with E-state index < -0.39 is 0 Å². The van der Waals surface area contributed by atoms with Crippen molar-refractivity contribution in [1.29, 1.82) is 0 Å². The van der Waals surface area contributed by atoms with E-state index in [9.17, 15) is 14.0 Å². The highest BCUT2D eigenvalue weighted by Gasteiger charge is 2.22. The molecular weight excluding hydrogens is 413 g/mol. The molecule has 1 aliphatic rings. The second-order valence-corrected chi connectivity index (χ2v) is 8.31. The minimum atomic E-state index is -0.260. The quantitative estimate of drug-likeness (QED) is 0.673. The number of para-hydroxylation sites is 1. The molecule has 1 saturated heterocycles. The smallest absolute Gasteiger partial charge is 0.238 e. The number of thioether (sulfide) groups is 1. The molecule has 0 unspecified atom stereocenters. The van der Waals surface area contributed by atoms with Gasteiger partial charge < -0.3 is 10.2 Å². The first-order valence-corrected chi connectivity index (χ1v) is 10.8. The number of piperazine rings is 1. The van der Waals surface area contributed by atoms with Crippen LogP contribution >= 0.6 is 23.4 Å². The van der Waals surface area contributed by atoms with Gasteiger partial charge in [0.15, 0.2) is 0 Å². The van der Waals surface area contributed by atoms with Crippen LogP contribution in [0.3, 0.4) is 0 Å². The van der Waals surface area contributed by atoms with E-state index >= 15 is 0 Å². The predicted octanol–water partition coefficient (Wildman–Crippen LogP) is 3.74. The Morgan fingerprint density at radius 1 is 1.03 bits per heavy atom. The van der Waals surface area contributed by atoms with Crippen molar-refractivity contribution < 1.29 is 14.0 Å². The third-order valence-electron chi connectivity index (χ3n) is 4.64. The molecule has 5 nitrogen and oxygen atoms in total. The normalized spacial score (nSPS) is 14.6. The summed E-state index contributed by atoms with van der Waals surface area (Å²) < 4.78 is 12.9. The van der Waals surface area contributed by atoms with Crippen molar-refractivity contribution >= 4 is 40.9 Å². The van der Waals surface area contributed by atoms with Crippen molar-refractivity contribution in [1.82, 2.24) is 9.80 Å². The van der Waals surface area contributed by atoms with Crippen LogP contribution < -0.4 is 5.32 Å². The highest BCUT2D eigenvalue weighted by Crippen LogP contribution is 2.21. The second-order valence-electron chi connectivity index (χ2n) is 6.74. The molecule has 29 heavy (non-hydrogen) atoms. The Hall–Kier alpha value is -2.09. The van der Waals surface area contributed by atoms with E-state index in [1.165, 1.54) is 12.1 Å². The molecule has 2 amide bonds. The van der Waals surface area contributed by atoms with Crippen LogP contribution in [-0.4, -0.2) is 60.1 Å². The summed E-state index contributed by atoms with van der Waals surface area (Å²) in [4.78, 5) is 29.4. The maximum absolute atomic E-state index is 12.9. The van der Waals surface area contributed by atoms with Gasteiger partial charge in [-0.3, -0.25) is 14.5 Å². The molecule has 0 aromatic heterocycles. The van der Waals surface area contributed by atoms with Crippen LogP contribution in [0.4, 0.5) is 10.1 Å². The molecule has 1 fully saturated rings. The number of carbonyl (C=O) groups excluding carboxylic acids is 2. The molecular formula is C21H23ClFN3O2S. The zero-order valence-corrected chi connectivity index (χ0v) is 17.5. The van der Waals surface area contributed by atoms with Crippen LogP contribution in [0.15, 0.2) is 53.4 Å². The highest BCUT2D eigenvalue weighted by atomic mass is 35.5. The zero-order chi connectivity index (χ0) is 20.6. The van der Waals surface area contributed by atoms with E-state index in [2.05, 4.69) is 5.32 Å². The molecule has 0 saturated carbocycles. The second kappa shape index (κ2) is 10.6. The van der Waals surface area contributed by atoms with Crippen LogP contribution in [0.2, 0.25) is 5.02 Å². The van der Waals surface area contributed by atoms with Gasteiger partial charge in [0, 0.05) is 43.2 Å². The van der Waals surface area contributed by atoms with E-state index in [1.54, 1.807) is 36.0 Å². The Labute approximate surface area is 179 Å². The number of hydrogen-bond donors (Lipinski definition) is 1. The van der Waals surface area contributed by atoms with Crippen LogP contribution in [0.1, 0.15) is 6.42 Å². The summed E-state index contributed by atoms with van der Waals surface area (Å²) in [6.45, 7) is 2.81. The average Bonchev–Trinajstić information content (AvgIpc) is 2.71. The Balaban J connectivity index is 1.36. The first-order valence-electron chi connectivity index (χ1n) is 9.44. The number of halogens is 2. The minimum absolute atomic E-state index is 0.111. The SMILES string of the molecule is O=C(CN1CCN(C(=O)CCSc2ccc(F)cc2)CC1)Nc1ccccc1Cl. The fourth-order valence-electron chi connectivity index (χ4n) is 3.06. The van der Waals surface area contributed by atoms with Gasteiger partial charge in [-0.15, -0.1) is 11.8 Å². The van der Waals surface area contributed by atoms with Gasteiger partial charge in [-0.1, -0.05) is 23.7 Å². The lowest BCUT2D eigenvalue weighted by molar-refractivity contribution is -0.132. The summed E-state index contributed by atoms with van der Waals surface area (Å²) in [6.07, 6.45) is 0.440. The van der Waals surface area contributed by atoms with Gasteiger partial charge in [0.2, 0.25) is 11.8 Å². The van der Waals surface area contributed by atoms with Crippen LogP contribution in [0.5, 0.6) is 0 Å². The number of carbonyl (C=O) groups is 2. The van der Waals surface area contributed by atoms with Gasteiger partial charge in [-0.25, -0.2) is 4.39 Å². The van der Waals surface area contributed by atoms with Gasteiger partial charge in [0.1, 0.15) is 5.82 Å². The van der Waals surface area contributed by atoms with E-state index in [-0.39, 0.29) is 24.2 Å². The molecule has 154 valence electrons. The summed E-state index contributed by atoms with van der Waals surface area (Å²) in [7, 11) is 0. The molecule has 2 aromatic rings. The number of nitrogens with one attached hydrogen (secondary N) is 1. The lowest BCUT2D eigenvalue weighted by Gasteiger charge is -2.34. The Morgan fingerprint density at radius 3 is 2.41 bits per heavy atom. The Kier molecular flexibility index (Phi) is 7.91.